The lowest BCUT2D eigenvalue weighted by Crippen LogP contribution is -2.45. The standard InChI is InChI=1S/C36H41N11O4/c37-17-29(48)43-27-16-28(32(50)31(27)49)47-21-40-30-33(39-19-26(22-8-3-1-4-9-22)23-10-5-2-6-11-23)44-35(45-34(30)47)46-15-13-25(20-46)42-36(51)41-24-12-7-14-38-18-24/h1-12,14,18,21,25-28,31-32,49-50H,13,15-17,19-20,37H2,(H,43,48)(H,39,44,45)(H2,41,42,51)/t25-,27+,28-,31-,32+/m1/s1. The summed E-state index contributed by atoms with van der Waals surface area (Å²) in [5.74, 6) is 0.523. The van der Waals surface area contributed by atoms with Crippen molar-refractivity contribution < 1.29 is 19.8 Å². The van der Waals surface area contributed by atoms with E-state index in [1.165, 1.54) is 0 Å². The minimum absolute atomic E-state index is 0.000335. The van der Waals surface area contributed by atoms with Crippen LogP contribution in [-0.4, -0.2) is 97.1 Å². The van der Waals surface area contributed by atoms with Crippen molar-refractivity contribution in [2.45, 2.75) is 49.1 Å². The highest BCUT2D eigenvalue weighted by Gasteiger charge is 2.44. The fourth-order valence-corrected chi connectivity index (χ4v) is 6.95. The zero-order chi connectivity index (χ0) is 35.3. The molecule has 8 N–H and O–H groups in total. The number of carbonyl (C=O) groups excluding carboxylic acids is 2. The fraction of sp³-hybridized carbons (Fsp3) is 0.333. The lowest BCUT2D eigenvalue weighted by Gasteiger charge is -2.22. The van der Waals surface area contributed by atoms with Crippen molar-refractivity contribution in [2.24, 2.45) is 5.73 Å². The van der Waals surface area contributed by atoms with Gasteiger partial charge in [0.15, 0.2) is 17.0 Å². The molecule has 0 spiro atoms. The number of hydrogen-bond donors (Lipinski definition) is 7. The molecular weight excluding hydrogens is 650 g/mol. The number of anilines is 3. The number of hydrogen-bond acceptors (Lipinski definition) is 11. The largest absolute Gasteiger partial charge is 0.388 e. The van der Waals surface area contributed by atoms with Crippen LogP contribution in [0.25, 0.3) is 11.2 Å². The molecule has 1 aliphatic carbocycles. The van der Waals surface area contributed by atoms with E-state index in [9.17, 15) is 19.8 Å². The van der Waals surface area contributed by atoms with E-state index in [-0.39, 0.29) is 31.0 Å². The maximum Gasteiger partial charge on any atom is 0.319 e. The van der Waals surface area contributed by atoms with Crippen LogP contribution < -0.4 is 31.9 Å². The van der Waals surface area contributed by atoms with Crippen LogP contribution in [0.15, 0.2) is 91.5 Å². The Morgan fingerprint density at radius 1 is 0.941 bits per heavy atom. The molecule has 5 atom stereocenters. The highest BCUT2D eigenvalue weighted by molar-refractivity contribution is 5.89. The van der Waals surface area contributed by atoms with E-state index in [0.29, 0.717) is 54.7 Å². The van der Waals surface area contributed by atoms with Crippen LogP contribution in [0, 0.1) is 0 Å². The molecule has 4 heterocycles. The summed E-state index contributed by atoms with van der Waals surface area (Å²) >= 11 is 0. The quantitative estimate of drug-likeness (QED) is 0.107. The zero-order valence-electron chi connectivity index (χ0n) is 27.8. The average Bonchev–Trinajstić information content (AvgIpc) is 3.87. The second-order valence-electron chi connectivity index (χ2n) is 12.9. The van der Waals surface area contributed by atoms with Gasteiger partial charge in [-0.15, -0.1) is 0 Å². The molecule has 0 radical (unpaired) electrons. The van der Waals surface area contributed by atoms with Crippen LogP contribution in [0.5, 0.6) is 0 Å². The van der Waals surface area contributed by atoms with Gasteiger partial charge in [-0.2, -0.15) is 9.97 Å². The van der Waals surface area contributed by atoms with Gasteiger partial charge in [0.25, 0.3) is 0 Å². The summed E-state index contributed by atoms with van der Waals surface area (Å²) in [6, 6.07) is 22.2. The van der Waals surface area contributed by atoms with Gasteiger partial charge in [0, 0.05) is 37.8 Å². The summed E-state index contributed by atoms with van der Waals surface area (Å²) in [5.41, 5.74) is 9.33. The molecule has 2 fully saturated rings. The highest BCUT2D eigenvalue weighted by Crippen LogP contribution is 2.35. The normalized spacial score (nSPS) is 21.6. The number of fused-ring (bicyclic) bond motifs is 1. The van der Waals surface area contributed by atoms with Crippen molar-refractivity contribution >= 4 is 40.6 Å². The minimum Gasteiger partial charge on any atom is -0.388 e. The molecule has 7 rings (SSSR count). The van der Waals surface area contributed by atoms with Crippen molar-refractivity contribution in [3.63, 3.8) is 0 Å². The van der Waals surface area contributed by atoms with Crippen molar-refractivity contribution in [1.29, 1.82) is 0 Å². The number of benzene rings is 2. The number of aliphatic hydroxyl groups is 2. The number of aromatic nitrogens is 5. The molecule has 1 aliphatic heterocycles. The minimum atomic E-state index is -1.21. The molecule has 264 valence electrons. The van der Waals surface area contributed by atoms with Gasteiger partial charge in [0.2, 0.25) is 11.9 Å². The number of nitrogens with zero attached hydrogens (tertiary/aromatic N) is 6. The number of amides is 3. The van der Waals surface area contributed by atoms with Crippen LogP contribution in [-0.2, 0) is 4.79 Å². The van der Waals surface area contributed by atoms with Crippen LogP contribution in [0.4, 0.5) is 22.2 Å². The first-order valence-electron chi connectivity index (χ1n) is 17.0. The second kappa shape index (κ2) is 15.1. The summed E-state index contributed by atoms with van der Waals surface area (Å²) < 4.78 is 1.74. The Bertz CT molecular complexity index is 1910. The van der Waals surface area contributed by atoms with Gasteiger partial charge in [-0.1, -0.05) is 60.7 Å². The smallest absolute Gasteiger partial charge is 0.319 e. The summed E-state index contributed by atoms with van der Waals surface area (Å²) in [7, 11) is 0. The maximum absolute atomic E-state index is 12.8. The van der Waals surface area contributed by atoms with Gasteiger partial charge in [-0.25, -0.2) is 9.78 Å². The number of rotatable bonds is 11. The Labute approximate surface area is 294 Å². The van der Waals surface area contributed by atoms with Crippen molar-refractivity contribution in [2.75, 3.05) is 41.7 Å². The van der Waals surface area contributed by atoms with Gasteiger partial charge in [0.05, 0.1) is 36.8 Å². The number of pyridine rings is 1. The number of carbonyl (C=O) groups is 2. The van der Waals surface area contributed by atoms with Crippen LogP contribution in [0.3, 0.4) is 0 Å². The molecule has 1 saturated carbocycles. The molecule has 15 nitrogen and oxygen atoms in total. The Hall–Kier alpha value is -5.64. The van der Waals surface area contributed by atoms with Gasteiger partial charge >= 0.3 is 6.03 Å². The number of urea groups is 1. The van der Waals surface area contributed by atoms with E-state index in [1.807, 2.05) is 41.3 Å². The molecule has 3 amide bonds. The maximum atomic E-state index is 12.8. The average molecular weight is 692 g/mol. The topological polar surface area (TPSA) is 208 Å². The first kappa shape index (κ1) is 33.8. The number of aliphatic hydroxyl groups excluding tert-OH is 2. The van der Waals surface area contributed by atoms with Crippen LogP contribution >= 0.6 is 0 Å². The van der Waals surface area contributed by atoms with E-state index < -0.39 is 30.2 Å². The first-order chi connectivity index (χ1) is 24.9. The number of nitrogens with two attached hydrogens (primary N) is 1. The van der Waals surface area contributed by atoms with E-state index in [1.54, 1.807) is 35.4 Å². The molecule has 2 aromatic carbocycles. The summed E-state index contributed by atoms with van der Waals surface area (Å²) in [6.07, 6.45) is 3.32. The van der Waals surface area contributed by atoms with Crippen molar-refractivity contribution in [3.05, 3.63) is 103 Å². The Morgan fingerprint density at radius 2 is 1.69 bits per heavy atom. The molecule has 0 unspecified atom stereocenters. The highest BCUT2D eigenvalue weighted by atomic mass is 16.3. The van der Waals surface area contributed by atoms with Gasteiger partial charge in [-0.3, -0.25) is 9.78 Å². The monoisotopic (exact) mass is 691 g/mol. The third-order valence-corrected chi connectivity index (χ3v) is 9.55. The van der Waals surface area contributed by atoms with E-state index in [4.69, 9.17) is 20.7 Å². The van der Waals surface area contributed by atoms with E-state index in [2.05, 4.69) is 50.5 Å². The van der Waals surface area contributed by atoms with Gasteiger partial charge in [-0.05, 0) is 36.1 Å². The van der Waals surface area contributed by atoms with Crippen LogP contribution in [0.1, 0.15) is 35.9 Å². The molecule has 2 aliphatic rings. The Kier molecular flexibility index (Phi) is 10.0. The molecule has 15 heteroatoms. The fourth-order valence-electron chi connectivity index (χ4n) is 6.95. The molecule has 1 saturated heterocycles. The third-order valence-electron chi connectivity index (χ3n) is 9.55. The zero-order valence-corrected chi connectivity index (χ0v) is 27.8. The van der Waals surface area contributed by atoms with Gasteiger partial charge < -0.3 is 46.7 Å². The Balaban J connectivity index is 1.19. The summed E-state index contributed by atoms with van der Waals surface area (Å²) in [6.45, 7) is 1.33. The lowest BCUT2D eigenvalue weighted by atomic mass is 9.91. The predicted octanol–water partition coefficient (Wildman–Crippen LogP) is 1.98. The third kappa shape index (κ3) is 7.45. The SMILES string of the molecule is NCC(=O)N[C@H]1C[C@@H](n2cnc3c(NCC(c4ccccc4)c4ccccc4)nc(N4CC[C@@H](NC(=O)Nc5cccnc5)C4)nc32)[C@H](O)[C@@H]1O. The summed E-state index contributed by atoms with van der Waals surface area (Å²) in [5, 5.41) is 34.1. The summed E-state index contributed by atoms with van der Waals surface area (Å²) in [4.78, 5) is 45.5. The molecule has 3 aromatic heterocycles. The van der Waals surface area contributed by atoms with E-state index in [0.717, 1.165) is 11.1 Å². The van der Waals surface area contributed by atoms with Crippen molar-refractivity contribution in [3.8, 4) is 0 Å². The Morgan fingerprint density at radius 3 is 2.37 bits per heavy atom. The molecular formula is C36H41N11O4. The molecule has 51 heavy (non-hydrogen) atoms. The van der Waals surface area contributed by atoms with Gasteiger partial charge in [0.1, 0.15) is 12.2 Å². The molecule has 0 bridgehead atoms. The van der Waals surface area contributed by atoms with Crippen molar-refractivity contribution in [1.82, 2.24) is 35.1 Å². The molecule has 5 aromatic rings. The number of imidazole rings is 1. The predicted molar refractivity (Wildman–Crippen MR) is 192 cm³/mol. The van der Waals surface area contributed by atoms with E-state index >= 15 is 0 Å². The number of nitrogens with one attached hydrogen (secondary N) is 4. The lowest BCUT2D eigenvalue weighted by molar-refractivity contribution is -0.121. The second-order valence-corrected chi connectivity index (χ2v) is 12.9. The first-order valence-corrected chi connectivity index (χ1v) is 17.0. The van der Waals surface area contributed by atoms with Crippen LogP contribution in [0.2, 0.25) is 0 Å².